The molecule has 102 valence electrons. The van der Waals surface area contributed by atoms with Crippen molar-refractivity contribution < 1.29 is 9.84 Å². The van der Waals surface area contributed by atoms with Gasteiger partial charge in [-0.1, -0.05) is 20.8 Å². The van der Waals surface area contributed by atoms with Crippen LogP contribution >= 0.6 is 0 Å². The molecule has 0 saturated carbocycles. The predicted molar refractivity (Wildman–Crippen MR) is 73.6 cm³/mol. The molecule has 0 aromatic carbocycles. The first-order valence-electron chi connectivity index (χ1n) is 6.57. The number of nitrogens with zero attached hydrogens (tertiary/aromatic N) is 1. The minimum Gasteiger partial charge on any atom is -0.489 e. The van der Waals surface area contributed by atoms with E-state index in [0.717, 1.165) is 24.2 Å². The van der Waals surface area contributed by atoms with Crippen LogP contribution in [0.15, 0.2) is 18.5 Å². The Labute approximate surface area is 110 Å². The maximum absolute atomic E-state index is 10.1. The molecule has 1 unspecified atom stereocenters. The normalized spacial score (nSPS) is 13.7. The second kappa shape index (κ2) is 6.19. The fourth-order valence-corrected chi connectivity index (χ4v) is 1.69. The highest BCUT2D eigenvalue weighted by molar-refractivity contribution is 5.25. The fraction of sp³-hybridized carbons (Fsp3) is 0.667. The van der Waals surface area contributed by atoms with Crippen LogP contribution in [0.3, 0.4) is 0 Å². The summed E-state index contributed by atoms with van der Waals surface area (Å²) in [5, 5.41) is 10.1. The van der Waals surface area contributed by atoms with Crippen molar-refractivity contribution in [3.8, 4) is 5.75 Å². The Morgan fingerprint density at radius 2 is 1.94 bits per heavy atom. The molecule has 0 saturated heterocycles. The molecule has 1 N–H and O–H groups in total. The van der Waals surface area contributed by atoms with Crippen LogP contribution in [0.1, 0.15) is 59.1 Å². The Balaban J connectivity index is 2.65. The van der Waals surface area contributed by atoms with E-state index in [2.05, 4.69) is 25.8 Å². The number of rotatable bonds is 5. The number of aromatic nitrogens is 1. The van der Waals surface area contributed by atoms with E-state index in [1.165, 1.54) is 0 Å². The smallest absolute Gasteiger partial charge is 0.138 e. The van der Waals surface area contributed by atoms with E-state index in [1.54, 1.807) is 12.4 Å². The fourth-order valence-electron chi connectivity index (χ4n) is 1.69. The van der Waals surface area contributed by atoms with E-state index in [0.29, 0.717) is 0 Å². The Bertz CT molecular complexity index is 369. The molecule has 3 heteroatoms. The average Bonchev–Trinajstić information content (AvgIpc) is 2.24. The van der Waals surface area contributed by atoms with Crippen LogP contribution in [0.25, 0.3) is 0 Å². The first kappa shape index (κ1) is 15.0. The van der Waals surface area contributed by atoms with Crippen molar-refractivity contribution >= 4 is 0 Å². The largest absolute Gasteiger partial charge is 0.489 e. The lowest BCUT2D eigenvalue weighted by Crippen LogP contribution is -2.09. The van der Waals surface area contributed by atoms with Gasteiger partial charge in [0.2, 0.25) is 0 Å². The summed E-state index contributed by atoms with van der Waals surface area (Å²) >= 11 is 0. The number of pyridine rings is 1. The van der Waals surface area contributed by atoms with Gasteiger partial charge in [0.1, 0.15) is 5.75 Å². The zero-order valence-electron chi connectivity index (χ0n) is 12.1. The van der Waals surface area contributed by atoms with E-state index >= 15 is 0 Å². The van der Waals surface area contributed by atoms with Gasteiger partial charge in [-0.15, -0.1) is 0 Å². The second-order valence-corrected chi connectivity index (χ2v) is 6.24. The third-order valence-corrected chi connectivity index (χ3v) is 2.66. The van der Waals surface area contributed by atoms with Gasteiger partial charge in [0.25, 0.3) is 0 Å². The average molecular weight is 251 g/mol. The molecule has 0 fully saturated rings. The maximum atomic E-state index is 10.1. The molecule has 1 aromatic rings. The van der Waals surface area contributed by atoms with Gasteiger partial charge in [-0.2, -0.15) is 0 Å². The van der Waals surface area contributed by atoms with E-state index in [-0.39, 0.29) is 11.5 Å². The molecule has 0 aliphatic rings. The summed E-state index contributed by atoms with van der Waals surface area (Å²) in [6, 6.07) is 1.88. The van der Waals surface area contributed by atoms with Crippen LogP contribution in [-0.2, 0) is 0 Å². The van der Waals surface area contributed by atoms with Crippen LogP contribution in [-0.4, -0.2) is 16.2 Å². The van der Waals surface area contributed by atoms with Gasteiger partial charge < -0.3 is 9.84 Å². The molecule has 0 bridgehead atoms. The molecule has 0 amide bonds. The van der Waals surface area contributed by atoms with Gasteiger partial charge in [-0.25, -0.2) is 0 Å². The highest BCUT2D eigenvalue weighted by Gasteiger charge is 2.15. The monoisotopic (exact) mass is 251 g/mol. The van der Waals surface area contributed by atoms with Crippen LogP contribution in [0, 0.1) is 5.41 Å². The molecule has 3 nitrogen and oxygen atoms in total. The molecule has 1 atom stereocenters. The SMILES string of the molecule is CC(C)Oc1cncc(C(O)CCC(C)(C)C)c1. The lowest BCUT2D eigenvalue weighted by molar-refractivity contribution is 0.146. The first-order valence-corrected chi connectivity index (χ1v) is 6.57. The number of aliphatic hydroxyl groups excluding tert-OH is 1. The lowest BCUT2D eigenvalue weighted by Gasteiger charge is -2.20. The molecular weight excluding hydrogens is 226 g/mol. The van der Waals surface area contributed by atoms with Crippen molar-refractivity contribution in [2.75, 3.05) is 0 Å². The second-order valence-electron chi connectivity index (χ2n) is 6.24. The van der Waals surface area contributed by atoms with Crippen molar-refractivity contribution in [2.45, 2.75) is 59.7 Å². The minimum absolute atomic E-state index is 0.119. The molecule has 0 aliphatic carbocycles. The lowest BCUT2D eigenvalue weighted by atomic mass is 9.88. The Kier molecular flexibility index (Phi) is 5.15. The van der Waals surface area contributed by atoms with E-state index in [4.69, 9.17) is 4.74 Å². The van der Waals surface area contributed by atoms with E-state index in [9.17, 15) is 5.11 Å². The summed E-state index contributed by atoms with van der Waals surface area (Å²) in [5.41, 5.74) is 1.07. The Morgan fingerprint density at radius 1 is 1.28 bits per heavy atom. The quantitative estimate of drug-likeness (QED) is 0.867. The Hall–Kier alpha value is -1.09. The van der Waals surface area contributed by atoms with Crippen molar-refractivity contribution in [3.63, 3.8) is 0 Å². The summed E-state index contributed by atoms with van der Waals surface area (Å²) in [5.74, 6) is 0.720. The topological polar surface area (TPSA) is 42.4 Å². The van der Waals surface area contributed by atoms with Gasteiger partial charge in [-0.3, -0.25) is 4.98 Å². The predicted octanol–water partition coefficient (Wildman–Crippen LogP) is 3.73. The van der Waals surface area contributed by atoms with E-state index < -0.39 is 6.10 Å². The number of ether oxygens (including phenoxy) is 1. The third kappa shape index (κ3) is 5.50. The molecule has 0 aliphatic heterocycles. The van der Waals surface area contributed by atoms with Crippen LogP contribution in [0.4, 0.5) is 0 Å². The standard InChI is InChI=1S/C15H25NO2/c1-11(2)18-13-8-12(9-16-10-13)14(17)6-7-15(3,4)5/h8-11,14,17H,6-7H2,1-5H3. The molecule has 0 spiro atoms. The molecule has 1 rings (SSSR count). The summed E-state index contributed by atoms with van der Waals surface area (Å²) in [7, 11) is 0. The van der Waals surface area contributed by atoms with Crippen molar-refractivity contribution in [1.29, 1.82) is 0 Å². The van der Waals surface area contributed by atoms with Crippen molar-refractivity contribution in [1.82, 2.24) is 4.98 Å². The summed E-state index contributed by atoms with van der Waals surface area (Å²) in [6.07, 6.45) is 4.77. The number of hydrogen-bond donors (Lipinski definition) is 1. The molecule has 1 aromatic heterocycles. The molecule has 0 radical (unpaired) electrons. The zero-order valence-corrected chi connectivity index (χ0v) is 12.1. The van der Waals surface area contributed by atoms with Gasteiger partial charge in [0.05, 0.1) is 18.4 Å². The zero-order chi connectivity index (χ0) is 13.8. The first-order chi connectivity index (χ1) is 8.28. The molecular formula is C15H25NO2. The highest BCUT2D eigenvalue weighted by Crippen LogP contribution is 2.28. The van der Waals surface area contributed by atoms with Gasteiger partial charge >= 0.3 is 0 Å². The highest BCUT2D eigenvalue weighted by atomic mass is 16.5. The number of hydrogen-bond acceptors (Lipinski definition) is 3. The van der Waals surface area contributed by atoms with Crippen LogP contribution in [0.2, 0.25) is 0 Å². The van der Waals surface area contributed by atoms with Gasteiger partial charge in [0, 0.05) is 11.8 Å². The van der Waals surface area contributed by atoms with Crippen LogP contribution in [0.5, 0.6) is 5.75 Å². The minimum atomic E-state index is -0.465. The van der Waals surface area contributed by atoms with Gasteiger partial charge in [-0.05, 0) is 38.2 Å². The van der Waals surface area contributed by atoms with Crippen molar-refractivity contribution in [3.05, 3.63) is 24.0 Å². The summed E-state index contributed by atoms with van der Waals surface area (Å²) in [4.78, 5) is 4.12. The third-order valence-electron chi connectivity index (χ3n) is 2.66. The summed E-state index contributed by atoms with van der Waals surface area (Å²) < 4.78 is 5.58. The number of aliphatic hydroxyl groups is 1. The Morgan fingerprint density at radius 3 is 2.50 bits per heavy atom. The summed E-state index contributed by atoms with van der Waals surface area (Å²) in [6.45, 7) is 10.5. The molecule has 18 heavy (non-hydrogen) atoms. The maximum Gasteiger partial charge on any atom is 0.138 e. The van der Waals surface area contributed by atoms with Crippen LogP contribution < -0.4 is 4.74 Å². The van der Waals surface area contributed by atoms with Gasteiger partial charge in [0.15, 0.2) is 0 Å². The van der Waals surface area contributed by atoms with E-state index in [1.807, 2.05) is 19.9 Å². The molecule has 1 heterocycles. The van der Waals surface area contributed by atoms with Crippen molar-refractivity contribution in [2.24, 2.45) is 5.41 Å².